The lowest BCUT2D eigenvalue weighted by atomic mass is 9.75. The molecule has 2 nitrogen and oxygen atoms in total. The van der Waals surface area contributed by atoms with Crippen LogP contribution in [0.2, 0.25) is 0 Å². The molecule has 1 aliphatic carbocycles. The zero-order valence-corrected chi connectivity index (χ0v) is 13.1. The van der Waals surface area contributed by atoms with Gasteiger partial charge < -0.3 is 9.47 Å². The highest BCUT2D eigenvalue weighted by Gasteiger charge is 2.55. The molecule has 0 amide bonds. The Morgan fingerprint density at radius 1 is 1.20 bits per heavy atom. The van der Waals surface area contributed by atoms with Crippen molar-refractivity contribution in [3.63, 3.8) is 0 Å². The van der Waals surface area contributed by atoms with Gasteiger partial charge in [0.15, 0.2) is 0 Å². The van der Waals surface area contributed by atoms with Crippen molar-refractivity contribution in [2.75, 3.05) is 0 Å². The third kappa shape index (κ3) is 2.40. The highest BCUT2D eigenvalue weighted by atomic mass is 16.6. The van der Waals surface area contributed by atoms with Crippen molar-refractivity contribution in [1.29, 1.82) is 0 Å². The summed E-state index contributed by atoms with van der Waals surface area (Å²) in [7, 11) is 0. The predicted molar refractivity (Wildman–Crippen MR) is 80.7 cm³/mol. The van der Waals surface area contributed by atoms with Gasteiger partial charge in [-0.3, -0.25) is 0 Å². The van der Waals surface area contributed by atoms with Gasteiger partial charge in [0.05, 0.1) is 23.9 Å². The number of benzene rings is 1. The maximum Gasteiger partial charge on any atom is 0.0926 e. The Labute approximate surface area is 122 Å². The lowest BCUT2D eigenvalue weighted by Gasteiger charge is -2.36. The molecule has 0 radical (unpaired) electrons. The fourth-order valence-corrected chi connectivity index (χ4v) is 3.99. The van der Waals surface area contributed by atoms with Crippen LogP contribution in [-0.2, 0) is 16.1 Å². The molecular weight excluding hydrogens is 248 g/mol. The minimum Gasteiger partial charge on any atom is -0.371 e. The van der Waals surface area contributed by atoms with E-state index in [1.165, 1.54) is 17.5 Å². The van der Waals surface area contributed by atoms with Crippen LogP contribution in [0.15, 0.2) is 24.3 Å². The van der Waals surface area contributed by atoms with Crippen molar-refractivity contribution in [3.8, 4) is 0 Å². The van der Waals surface area contributed by atoms with Gasteiger partial charge >= 0.3 is 0 Å². The minimum absolute atomic E-state index is 0.00945. The summed E-state index contributed by atoms with van der Waals surface area (Å²) in [6.07, 6.45) is 3.70. The first-order valence-corrected chi connectivity index (χ1v) is 7.77. The number of ether oxygens (including phenoxy) is 2. The average molecular weight is 274 g/mol. The third-order valence-corrected chi connectivity index (χ3v) is 5.29. The Bertz CT molecular complexity index is 494. The van der Waals surface area contributed by atoms with Crippen molar-refractivity contribution in [1.82, 2.24) is 0 Å². The van der Waals surface area contributed by atoms with E-state index in [4.69, 9.17) is 9.47 Å². The van der Waals surface area contributed by atoms with Gasteiger partial charge in [-0.1, -0.05) is 24.3 Å². The van der Waals surface area contributed by atoms with Gasteiger partial charge in [-0.25, -0.2) is 0 Å². The van der Waals surface area contributed by atoms with E-state index in [2.05, 4.69) is 52.0 Å². The van der Waals surface area contributed by atoms with Crippen LogP contribution in [0, 0.1) is 12.8 Å². The Balaban J connectivity index is 1.69. The van der Waals surface area contributed by atoms with Crippen LogP contribution >= 0.6 is 0 Å². The third-order valence-electron chi connectivity index (χ3n) is 5.29. The van der Waals surface area contributed by atoms with E-state index >= 15 is 0 Å². The zero-order valence-electron chi connectivity index (χ0n) is 13.1. The maximum absolute atomic E-state index is 6.37. The predicted octanol–water partition coefficient (Wildman–Crippen LogP) is 4.25. The second-order valence-corrected chi connectivity index (χ2v) is 7.22. The molecule has 1 heterocycles. The zero-order chi connectivity index (χ0) is 14.4. The first-order chi connectivity index (χ1) is 9.41. The monoisotopic (exact) mass is 274 g/mol. The quantitative estimate of drug-likeness (QED) is 0.820. The lowest BCUT2D eigenvalue weighted by Crippen LogP contribution is -2.43. The molecule has 20 heavy (non-hydrogen) atoms. The number of aryl methyl sites for hydroxylation is 1. The Morgan fingerprint density at radius 2 is 1.95 bits per heavy atom. The second-order valence-electron chi connectivity index (χ2n) is 7.22. The fraction of sp³-hybridized carbons (Fsp3) is 0.667. The molecule has 3 rings (SSSR count). The first-order valence-electron chi connectivity index (χ1n) is 7.77. The molecule has 0 spiro atoms. The molecule has 1 aromatic carbocycles. The molecule has 2 aliphatic rings. The largest absolute Gasteiger partial charge is 0.371 e. The van der Waals surface area contributed by atoms with Gasteiger partial charge in [0, 0.05) is 0 Å². The van der Waals surface area contributed by atoms with Crippen molar-refractivity contribution >= 4 is 0 Å². The molecule has 1 aliphatic heterocycles. The highest BCUT2D eigenvalue weighted by molar-refractivity contribution is 5.24. The number of fused-ring (bicyclic) bond motifs is 2. The highest BCUT2D eigenvalue weighted by Crippen LogP contribution is 2.51. The van der Waals surface area contributed by atoms with Gasteiger partial charge in [0.2, 0.25) is 0 Å². The Morgan fingerprint density at radius 3 is 2.70 bits per heavy atom. The van der Waals surface area contributed by atoms with E-state index < -0.39 is 0 Å². The van der Waals surface area contributed by atoms with E-state index in [0.717, 1.165) is 12.8 Å². The summed E-state index contributed by atoms with van der Waals surface area (Å²) in [5.74, 6) is 0.686. The normalized spacial score (nSPS) is 35.2. The molecule has 2 bridgehead atoms. The molecule has 2 fully saturated rings. The van der Waals surface area contributed by atoms with Crippen LogP contribution in [0.25, 0.3) is 0 Å². The smallest absolute Gasteiger partial charge is 0.0926 e. The van der Waals surface area contributed by atoms with Crippen molar-refractivity contribution < 1.29 is 9.47 Å². The van der Waals surface area contributed by atoms with Crippen molar-refractivity contribution in [2.24, 2.45) is 5.92 Å². The topological polar surface area (TPSA) is 18.5 Å². The van der Waals surface area contributed by atoms with Gasteiger partial charge in [0.25, 0.3) is 0 Å². The fourth-order valence-electron chi connectivity index (χ4n) is 3.99. The van der Waals surface area contributed by atoms with Gasteiger partial charge in [-0.05, 0) is 64.0 Å². The van der Waals surface area contributed by atoms with Crippen LogP contribution in [0.1, 0.15) is 51.2 Å². The van der Waals surface area contributed by atoms with E-state index in [-0.39, 0.29) is 17.3 Å². The summed E-state index contributed by atoms with van der Waals surface area (Å²) in [6, 6.07) is 8.46. The molecule has 110 valence electrons. The molecule has 1 aromatic rings. The van der Waals surface area contributed by atoms with Crippen molar-refractivity contribution in [2.45, 2.75) is 70.9 Å². The molecule has 3 atom stereocenters. The summed E-state index contributed by atoms with van der Waals surface area (Å²) in [6.45, 7) is 9.53. The summed E-state index contributed by atoms with van der Waals surface area (Å²) in [5, 5.41) is 0. The molecular formula is C18H26O2. The van der Waals surface area contributed by atoms with Crippen molar-refractivity contribution in [3.05, 3.63) is 35.4 Å². The summed E-state index contributed by atoms with van der Waals surface area (Å²) in [5.41, 5.74) is 2.50. The van der Waals surface area contributed by atoms with Gasteiger partial charge in [-0.15, -0.1) is 0 Å². The van der Waals surface area contributed by atoms with Crippen LogP contribution in [0.3, 0.4) is 0 Å². The maximum atomic E-state index is 6.37. The van der Waals surface area contributed by atoms with Crippen LogP contribution in [0.5, 0.6) is 0 Å². The number of hydrogen-bond donors (Lipinski definition) is 0. The van der Waals surface area contributed by atoms with Crippen LogP contribution in [0.4, 0.5) is 0 Å². The SMILES string of the molecule is Cc1ccccc1COC1CCC2CC1(C)OC2(C)C. The molecule has 0 aromatic heterocycles. The second kappa shape index (κ2) is 4.85. The molecule has 3 unspecified atom stereocenters. The Hall–Kier alpha value is -0.860. The summed E-state index contributed by atoms with van der Waals surface area (Å²) in [4.78, 5) is 0. The van der Waals surface area contributed by atoms with Gasteiger partial charge in [-0.2, -0.15) is 0 Å². The minimum atomic E-state index is -0.102. The molecule has 0 N–H and O–H groups in total. The van der Waals surface area contributed by atoms with Crippen LogP contribution < -0.4 is 0 Å². The lowest BCUT2D eigenvalue weighted by molar-refractivity contribution is -0.153. The molecule has 1 saturated heterocycles. The number of hydrogen-bond acceptors (Lipinski definition) is 2. The van der Waals surface area contributed by atoms with E-state index in [1.807, 2.05) is 0 Å². The van der Waals surface area contributed by atoms with Gasteiger partial charge in [0.1, 0.15) is 0 Å². The number of rotatable bonds is 3. The van der Waals surface area contributed by atoms with Crippen LogP contribution in [-0.4, -0.2) is 17.3 Å². The standard InChI is InChI=1S/C18H26O2/c1-13-7-5-6-8-14(13)12-19-16-10-9-15-11-18(16,4)20-17(15,2)3/h5-8,15-16H,9-12H2,1-4H3. The molecule has 1 saturated carbocycles. The molecule has 2 heteroatoms. The van der Waals surface area contributed by atoms with E-state index in [0.29, 0.717) is 12.5 Å². The summed E-state index contributed by atoms with van der Waals surface area (Å²) < 4.78 is 12.6. The summed E-state index contributed by atoms with van der Waals surface area (Å²) >= 11 is 0. The average Bonchev–Trinajstić information content (AvgIpc) is 2.56. The first kappa shape index (κ1) is 14.1. The Kier molecular flexibility index (Phi) is 3.42. The van der Waals surface area contributed by atoms with E-state index in [1.54, 1.807) is 0 Å². The van der Waals surface area contributed by atoms with E-state index in [9.17, 15) is 0 Å².